The van der Waals surface area contributed by atoms with Crippen molar-refractivity contribution in [2.45, 2.75) is 4.90 Å². The number of anilines is 1. The van der Waals surface area contributed by atoms with Crippen LogP contribution in [0.25, 0.3) is 0 Å². The van der Waals surface area contributed by atoms with E-state index in [4.69, 9.17) is 28.3 Å². The number of rotatable bonds is 4. The monoisotopic (exact) mass is 335 g/mol. The number of H-pyrrole nitrogens is 1. The minimum atomic E-state index is -4.08. The fraction of sp³-hybridized carbons (Fsp3) is 0. The van der Waals surface area contributed by atoms with Crippen LogP contribution in [-0.4, -0.2) is 29.5 Å². The summed E-state index contributed by atoms with van der Waals surface area (Å²) in [6.45, 7) is 0. The summed E-state index contributed by atoms with van der Waals surface area (Å²) in [4.78, 5) is 16.8. The standard InChI is InChI=1S/C10H7Cl2N3O4S/c11-6-4-7(12)8(3-5(6)9(16)17)20(18,19)15-10-13-1-2-14-10/h1-4H,(H,16,17)(H2,13,14,15). The van der Waals surface area contributed by atoms with E-state index < -0.39 is 20.9 Å². The third-order valence-electron chi connectivity index (χ3n) is 2.27. The number of aromatic nitrogens is 2. The van der Waals surface area contributed by atoms with Crippen molar-refractivity contribution in [1.29, 1.82) is 0 Å². The first-order valence-corrected chi connectivity index (χ1v) is 7.29. The zero-order valence-electron chi connectivity index (χ0n) is 9.59. The molecule has 0 bridgehead atoms. The number of sulfonamides is 1. The third-order valence-corrected chi connectivity index (χ3v) is 4.39. The molecular weight excluding hydrogens is 329 g/mol. The Kier molecular flexibility index (Phi) is 3.89. The Morgan fingerprint density at radius 3 is 2.55 bits per heavy atom. The summed E-state index contributed by atoms with van der Waals surface area (Å²) >= 11 is 11.5. The summed E-state index contributed by atoms with van der Waals surface area (Å²) in [5.74, 6) is -1.38. The van der Waals surface area contributed by atoms with Crippen molar-refractivity contribution >= 4 is 45.1 Å². The first-order valence-electron chi connectivity index (χ1n) is 5.06. The average molecular weight is 336 g/mol. The summed E-state index contributed by atoms with van der Waals surface area (Å²) in [6, 6.07) is 1.95. The van der Waals surface area contributed by atoms with Gasteiger partial charge in [-0.2, -0.15) is 0 Å². The molecule has 0 saturated heterocycles. The van der Waals surface area contributed by atoms with E-state index in [0.717, 1.165) is 12.1 Å². The number of hydrogen-bond acceptors (Lipinski definition) is 4. The van der Waals surface area contributed by atoms with Gasteiger partial charge in [-0.05, 0) is 12.1 Å². The van der Waals surface area contributed by atoms with Gasteiger partial charge in [-0.1, -0.05) is 23.2 Å². The summed E-state index contributed by atoms with van der Waals surface area (Å²) in [5, 5.41) is 8.59. The van der Waals surface area contributed by atoms with Gasteiger partial charge in [0.2, 0.25) is 5.95 Å². The number of imidazole rings is 1. The minimum Gasteiger partial charge on any atom is -0.478 e. The molecule has 0 atom stereocenters. The van der Waals surface area contributed by atoms with Crippen LogP contribution in [0.5, 0.6) is 0 Å². The van der Waals surface area contributed by atoms with E-state index >= 15 is 0 Å². The SMILES string of the molecule is O=C(O)c1cc(S(=O)(=O)Nc2ncc[nH]2)c(Cl)cc1Cl. The van der Waals surface area contributed by atoms with E-state index in [1.54, 1.807) is 0 Å². The highest BCUT2D eigenvalue weighted by Gasteiger charge is 2.23. The second kappa shape index (κ2) is 5.31. The van der Waals surface area contributed by atoms with E-state index in [1.807, 2.05) is 0 Å². The first kappa shape index (κ1) is 14.6. The van der Waals surface area contributed by atoms with E-state index in [1.165, 1.54) is 12.4 Å². The highest BCUT2D eigenvalue weighted by Crippen LogP contribution is 2.29. The van der Waals surface area contributed by atoms with Gasteiger partial charge in [-0.25, -0.2) is 22.9 Å². The molecule has 106 valence electrons. The van der Waals surface area contributed by atoms with Gasteiger partial charge in [0.05, 0.1) is 15.6 Å². The summed E-state index contributed by atoms with van der Waals surface area (Å²) in [7, 11) is -4.08. The van der Waals surface area contributed by atoms with E-state index in [0.29, 0.717) is 0 Å². The van der Waals surface area contributed by atoms with Crippen LogP contribution in [0.1, 0.15) is 10.4 Å². The second-order valence-corrected chi connectivity index (χ2v) is 6.08. The van der Waals surface area contributed by atoms with Crippen LogP contribution < -0.4 is 4.72 Å². The molecular formula is C10H7Cl2N3O4S. The van der Waals surface area contributed by atoms with Crippen molar-refractivity contribution in [3.8, 4) is 0 Å². The topological polar surface area (TPSA) is 112 Å². The lowest BCUT2D eigenvalue weighted by Gasteiger charge is -2.09. The van der Waals surface area contributed by atoms with Crippen LogP contribution in [0.4, 0.5) is 5.95 Å². The van der Waals surface area contributed by atoms with E-state index in [9.17, 15) is 13.2 Å². The van der Waals surface area contributed by atoms with Gasteiger partial charge >= 0.3 is 5.97 Å². The van der Waals surface area contributed by atoms with Gasteiger partial charge in [0.15, 0.2) is 0 Å². The predicted octanol–water partition coefficient (Wildman–Crippen LogP) is 2.22. The number of carbonyl (C=O) groups is 1. The number of nitrogens with zero attached hydrogens (tertiary/aromatic N) is 1. The van der Waals surface area contributed by atoms with Crippen LogP contribution in [0.3, 0.4) is 0 Å². The Bertz CT molecular complexity index is 759. The van der Waals surface area contributed by atoms with Crippen molar-refractivity contribution in [2.24, 2.45) is 0 Å². The molecule has 0 radical (unpaired) electrons. The molecule has 0 fully saturated rings. The zero-order valence-corrected chi connectivity index (χ0v) is 11.9. The Labute approximate surface area is 123 Å². The van der Waals surface area contributed by atoms with Gasteiger partial charge < -0.3 is 10.1 Å². The van der Waals surface area contributed by atoms with Gasteiger partial charge in [0.1, 0.15) is 4.90 Å². The maximum Gasteiger partial charge on any atom is 0.337 e. The molecule has 1 heterocycles. The molecule has 3 N–H and O–H groups in total. The Balaban J connectivity index is 2.51. The normalized spacial score (nSPS) is 11.3. The second-order valence-electron chi connectivity index (χ2n) is 3.61. The molecule has 0 aliphatic heterocycles. The summed E-state index contributed by atoms with van der Waals surface area (Å²) in [5.41, 5.74) is -0.365. The molecule has 0 aliphatic rings. The molecule has 20 heavy (non-hydrogen) atoms. The zero-order chi connectivity index (χ0) is 14.9. The number of hydrogen-bond donors (Lipinski definition) is 3. The molecule has 0 aliphatic carbocycles. The van der Waals surface area contributed by atoms with Crippen molar-refractivity contribution in [3.63, 3.8) is 0 Å². The summed E-state index contributed by atoms with van der Waals surface area (Å²) < 4.78 is 26.4. The van der Waals surface area contributed by atoms with Gasteiger partial charge in [-0.15, -0.1) is 0 Å². The highest BCUT2D eigenvalue weighted by atomic mass is 35.5. The number of halogens is 2. The molecule has 2 aromatic rings. The predicted molar refractivity (Wildman–Crippen MR) is 72.8 cm³/mol. The molecule has 0 spiro atoms. The first-order chi connectivity index (χ1) is 9.31. The van der Waals surface area contributed by atoms with Crippen LogP contribution >= 0.6 is 23.2 Å². The molecule has 7 nitrogen and oxygen atoms in total. The van der Waals surface area contributed by atoms with Gasteiger partial charge in [0.25, 0.3) is 10.0 Å². The Hall–Kier alpha value is -1.77. The van der Waals surface area contributed by atoms with Crippen LogP contribution in [0.15, 0.2) is 29.4 Å². The molecule has 0 saturated carbocycles. The lowest BCUT2D eigenvalue weighted by Crippen LogP contribution is -2.15. The molecule has 0 unspecified atom stereocenters. The molecule has 10 heteroatoms. The largest absolute Gasteiger partial charge is 0.478 e. The van der Waals surface area contributed by atoms with E-state index in [-0.39, 0.29) is 21.6 Å². The fourth-order valence-corrected chi connectivity index (χ4v) is 3.24. The smallest absolute Gasteiger partial charge is 0.337 e. The van der Waals surface area contributed by atoms with Crippen LogP contribution in [0, 0.1) is 0 Å². The number of carboxylic acid groups (broad SMARTS) is 1. The Morgan fingerprint density at radius 1 is 1.30 bits per heavy atom. The van der Waals surface area contributed by atoms with Crippen molar-refractivity contribution < 1.29 is 18.3 Å². The lowest BCUT2D eigenvalue weighted by molar-refractivity contribution is 0.0697. The maximum atomic E-state index is 12.1. The van der Waals surface area contributed by atoms with Gasteiger partial charge in [-0.3, -0.25) is 0 Å². The highest BCUT2D eigenvalue weighted by molar-refractivity contribution is 7.92. The van der Waals surface area contributed by atoms with Crippen molar-refractivity contribution in [1.82, 2.24) is 9.97 Å². The third kappa shape index (κ3) is 2.87. The number of aromatic carboxylic acids is 1. The lowest BCUT2D eigenvalue weighted by atomic mass is 10.2. The minimum absolute atomic E-state index is 0.0205. The van der Waals surface area contributed by atoms with Crippen molar-refractivity contribution in [3.05, 3.63) is 40.1 Å². The molecule has 2 rings (SSSR count). The number of nitrogens with one attached hydrogen (secondary N) is 2. The van der Waals surface area contributed by atoms with Crippen molar-refractivity contribution in [2.75, 3.05) is 4.72 Å². The maximum absolute atomic E-state index is 12.1. The number of carboxylic acids is 1. The molecule has 1 aromatic carbocycles. The summed E-state index contributed by atoms with van der Waals surface area (Å²) in [6.07, 6.45) is 2.77. The van der Waals surface area contributed by atoms with E-state index in [2.05, 4.69) is 14.7 Å². The fourth-order valence-electron chi connectivity index (χ4n) is 1.40. The molecule has 1 aromatic heterocycles. The Morgan fingerprint density at radius 2 is 2.00 bits per heavy atom. The average Bonchev–Trinajstić information content (AvgIpc) is 2.79. The quantitative estimate of drug-likeness (QED) is 0.792. The van der Waals surface area contributed by atoms with Gasteiger partial charge in [0, 0.05) is 12.4 Å². The number of benzene rings is 1. The van der Waals surface area contributed by atoms with Crippen LogP contribution in [-0.2, 0) is 10.0 Å². The van der Waals surface area contributed by atoms with Crippen LogP contribution in [0.2, 0.25) is 10.0 Å². The number of aromatic amines is 1. The molecule has 0 amide bonds.